The van der Waals surface area contributed by atoms with Crippen LogP contribution in [0.25, 0.3) is 11.4 Å². The molecule has 3 rings (SSSR count). The molecule has 1 atom stereocenters. The van der Waals surface area contributed by atoms with Crippen LogP contribution in [-0.4, -0.2) is 40.8 Å². The van der Waals surface area contributed by atoms with Gasteiger partial charge in [0.2, 0.25) is 11.7 Å². The average molecular weight is 397 g/mol. The first-order valence-electron chi connectivity index (χ1n) is 9.61. The Labute approximate surface area is 162 Å². The van der Waals surface area contributed by atoms with Crippen LogP contribution >= 0.6 is 0 Å². The SMILES string of the molecule is CC(C)COC1CCN(C(C)c2nc(-c3cccc(C(F)(F)F)c3)no2)CC1. The number of ether oxygens (including phenoxy) is 1. The van der Waals surface area contributed by atoms with E-state index in [1.54, 1.807) is 6.07 Å². The molecule has 1 aromatic carbocycles. The molecule has 0 saturated carbocycles. The third-order valence-corrected chi connectivity index (χ3v) is 4.94. The molecule has 1 aliphatic heterocycles. The molecule has 0 aliphatic carbocycles. The van der Waals surface area contributed by atoms with Crippen LogP contribution in [0.5, 0.6) is 0 Å². The lowest BCUT2D eigenvalue weighted by Crippen LogP contribution is -2.39. The standard InChI is InChI=1S/C20H26F3N3O2/c1-13(2)12-27-17-7-9-26(10-8-17)14(3)19-24-18(25-28-19)15-5-4-6-16(11-15)20(21,22)23/h4-6,11,13-14,17H,7-10,12H2,1-3H3. The van der Waals surface area contributed by atoms with Crippen molar-refractivity contribution in [3.63, 3.8) is 0 Å². The number of hydrogen-bond donors (Lipinski definition) is 0. The number of benzene rings is 1. The Morgan fingerprint density at radius 3 is 2.57 bits per heavy atom. The number of rotatable bonds is 6. The number of piperidine rings is 1. The second-order valence-corrected chi connectivity index (χ2v) is 7.67. The van der Waals surface area contributed by atoms with Crippen LogP contribution in [0.15, 0.2) is 28.8 Å². The molecular weight excluding hydrogens is 371 g/mol. The Bertz CT molecular complexity index is 768. The van der Waals surface area contributed by atoms with Crippen LogP contribution in [-0.2, 0) is 10.9 Å². The topological polar surface area (TPSA) is 51.4 Å². The van der Waals surface area contributed by atoms with Gasteiger partial charge in [-0.1, -0.05) is 31.1 Å². The van der Waals surface area contributed by atoms with Gasteiger partial charge in [0, 0.05) is 25.3 Å². The molecule has 154 valence electrons. The molecule has 0 bridgehead atoms. The van der Waals surface area contributed by atoms with E-state index in [0.717, 1.165) is 44.7 Å². The van der Waals surface area contributed by atoms with E-state index in [2.05, 4.69) is 28.9 Å². The largest absolute Gasteiger partial charge is 0.416 e. The van der Waals surface area contributed by atoms with Crippen LogP contribution in [0, 0.1) is 5.92 Å². The summed E-state index contributed by atoms with van der Waals surface area (Å²) in [5, 5.41) is 3.88. The molecule has 28 heavy (non-hydrogen) atoms. The van der Waals surface area contributed by atoms with E-state index < -0.39 is 11.7 Å². The van der Waals surface area contributed by atoms with Crippen molar-refractivity contribution in [1.29, 1.82) is 0 Å². The van der Waals surface area contributed by atoms with Gasteiger partial charge in [-0.05, 0) is 37.8 Å². The van der Waals surface area contributed by atoms with Crippen LogP contribution in [0.1, 0.15) is 51.1 Å². The van der Waals surface area contributed by atoms with Crippen molar-refractivity contribution in [2.45, 2.75) is 51.9 Å². The third-order valence-electron chi connectivity index (χ3n) is 4.94. The Morgan fingerprint density at radius 2 is 1.93 bits per heavy atom. The van der Waals surface area contributed by atoms with Crippen molar-refractivity contribution in [3.05, 3.63) is 35.7 Å². The predicted molar refractivity (Wildman–Crippen MR) is 98.5 cm³/mol. The first kappa shape index (κ1) is 20.8. The van der Waals surface area contributed by atoms with Crippen molar-refractivity contribution in [1.82, 2.24) is 15.0 Å². The van der Waals surface area contributed by atoms with Gasteiger partial charge >= 0.3 is 6.18 Å². The zero-order chi connectivity index (χ0) is 20.3. The van der Waals surface area contributed by atoms with Gasteiger partial charge in [0.25, 0.3) is 0 Å². The lowest BCUT2D eigenvalue weighted by Gasteiger charge is -2.34. The van der Waals surface area contributed by atoms with Gasteiger partial charge in [0.1, 0.15) is 0 Å². The number of nitrogens with zero attached hydrogens (tertiary/aromatic N) is 3. The second-order valence-electron chi connectivity index (χ2n) is 7.67. The third kappa shape index (κ3) is 5.11. The summed E-state index contributed by atoms with van der Waals surface area (Å²) in [5.41, 5.74) is -0.439. The molecule has 1 saturated heterocycles. The normalized spacial score (nSPS) is 18.0. The molecule has 2 aromatic rings. The first-order valence-corrected chi connectivity index (χ1v) is 9.61. The Hall–Kier alpha value is -1.93. The zero-order valence-corrected chi connectivity index (χ0v) is 16.4. The molecule has 1 aliphatic rings. The highest BCUT2D eigenvalue weighted by atomic mass is 19.4. The molecule has 0 radical (unpaired) electrons. The van der Waals surface area contributed by atoms with Crippen molar-refractivity contribution in [2.75, 3.05) is 19.7 Å². The van der Waals surface area contributed by atoms with Gasteiger partial charge in [-0.15, -0.1) is 0 Å². The molecule has 5 nitrogen and oxygen atoms in total. The highest BCUT2D eigenvalue weighted by Crippen LogP contribution is 2.32. The Kier molecular flexibility index (Phi) is 6.40. The maximum Gasteiger partial charge on any atom is 0.416 e. The summed E-state index contributed by atoms with van der Waals surface area (Å²) in [6, 6.07) is 4.86. The fourth-order valence-electron chi connectivity index (χ4n) is 3.27. The fourth-order valence-corrected chi connectivity index (χ4v) is 3.27. The highest BCUT2D eigenvalue weighted by Gasteiger charge is 2.31. The molecule has 1 aromatic heterocycles. The van der Waals surface area contributed by atoms with Gasteiger partial charge in [0.05, 0.1) is 17.7 Å². The van der Waals surface area contributed by atoms with Crippen LogP contribution in [0.3, 0.4) is 0 Å². The van der Waals surface area contributed by atoms with E-state index in [1.807, 2.05) is 6.92 Å². The maximum absolute atomic E-state index is 12.9. The zero-order valence-electron chi connectivity index (χ0n) is 16.4. The van der Waals surface area contributed by atoms with E-state index in [0.29, 0.717) is 11.8 Å². The Morgan fingerprint density at radius 1 is 1.21 bits per heavy atom. The summed E-state index contributed by atoms with van der Waals surface area (Å²) in [7, 11) is 0. The minimum Gasteiger partial charge on any atom is -0.378 e. The summed E-state index contributed by atoms with van der Waals surface area (Å²) in [6.45, 7) is 8.71. The first-order chi connectivity index (χ1) is 13.2. The van der Waals surface area contributed by atoms with Gasteiger partial charge in [-0.25, -0.2) is 0 Å². The number of hydrogen-bond acceptors (Lipinski definition) is 5. The molecule has 8 heteroatoms. The fraction of sp³-hybridized carbons (Fsp3) is 0.600. The van der Waals surface area contributed by atoms with Crippen LogP contribution in [0.4, 0.5) is 13.2 Å². The van der Waals surface area contributed by atoms with Crippen molar-refractivity contribution in [3.8, 4) is 11.4 Å². The molecule has 0 N–H and O–H groups in total. The van der Waals surface area contributed by atoms with E-state index in [1.165, 1.54) is 6.07 Å². The van der Waals surface area contributed by atoms with Crippen LogP contribution < -0.4 is 0 Å². The van der Waals surface area contributed by atoms with Gasteiger partial charge in [-0.2, -0.15) is 18.2 Å². The van der Waals surface area contributed by atoms with Crippen molar-refractivity contribution in [2.24, 2.45) is 5.92 Å². The minimum atomic E-state index is -4.40. The van der Waals surface area contributed by atoms with Crippen molar-refractivity contribution >= 4 is 0 Å². The highest BCUT2D eigenvalue weighted by molar-refractivity contribution is 5.55. The smallest absolute Gasteiger partial charge is 0.378 e. The maximum atomic E-state index is 12.9. The van der Waals surface area contributed by atoms with E-state index >= 15 is 0 Å². The van der Waals surface area contributed by atoms with E-state index in [9.17, 15) is 13.2 Å². The lowest BCUT2D eigenvalue weighted by molar-refractivity contribution is -0.137. The number of alkyl halides is 3. The Balaban J connectivity index is 1.63. The summed E-state index contributed by atoms with van der Waals surface area (Å²) in [6.07, 6.45) is -2.26. The quantitative estimate of drug-likeness (QED) is 0.690. The van der Waals surface area contributed by atoms with E-state index in [4.69, 9.17) is 9.26 Å². The monoisotopic (exact) mass is 397 g/mol. The molecule has 1 unspecified atom stereocenters. The van der Waals surface area contributed by atoms with Gasteiger partial charge < -0.3 is 9.26 Å². The molecule has 0 spiro atoms. The predicted octanol–water partition coefficient (Wildman–Crippen LogP) is 4.95. The average Bonchev–Trinajstić information content (AvgIpc) is 3.16. The van der Waals surface area contributed by atoms with Crippen molar-refractivity contribution < 1.29 is 22.4 Å². The van der Waals surface area contributed by atoms with Crippen LogP contribution in [0.2, 0.25) is 0 Å². The van der Waals surface area contributed by atoms with Gasteiger partial charge in [-0.3, -0.25) is 4.90 Å². The summed E-state index contributed by atoms with van der Waals surface area (Å²) < 4.78 is 50.0. The number of likely N-dealkylation sites (tertiary alicyclic amines) is 1. The minimum absolute atomic E-state index is 0.0990. The second kappa shape index (κ2) is 8.61. The summed E-state index contributed by atoms with van der Waals surface area (Å²) in [4.78, 5) is 6.57. The molecule has 1 fully saturated rings. The molecule has 0 amide bonds. The van der Waals surface area contributed by atoms with Gasteiger partial charge in [0.15, 0.2) is 0 Å². The summed E-state index contributed by atoms with van der Waals surface area (Å²) in [5.74, 6) is 1.10. The summed E-state index contributed by atoms with van der Waals surface area (Å²) >= 11 is 0. The van der Waals surface area contributed by atoms with E-state index in [-0.39, 0.29) is 23.5 Å². The lowest BCUT2D eigenvalue weighted by atomic mass is 10.1. The number of aromatic nitrogens is 2. The number of halogens is 3. The molecular formula is C20H26F3N3O2. The molecule has 2 heterocycles.